The number of thioether (sulfide) groups is 1. The average Bonchev–Trinajstić information content (AvgIpc) is 2.49. The molecule has 112 valence electrons. The molecule has 0 saturated heterocycles. The summed E-state index contributed by atoms with van der Waals surface area (Å²) in [4.78, 5) is 11.9. The molecule has 0 bridgehead atoms. The fraction of sp³-hybridized carbons (Fsp3) is 0.533. The standard InChI is InChI=1S/C15H24N2O2S/c1-3-20-12-13-4-6-14(7-5-13)15(18)17-9-8-16-10-11-19-2/h4-7,16H,3,8-12H2,1-2H3,(H,17,18). The fourth-order valence-electron chi connectivity index (χ4n) is 1.64. The summed E-state index contributed by atoms with van der Waals surface area (Å²) in [6, 6.07) is 7.82. The highest BCUT2D eigenvalue weighted by atomic mass is 32.2. The molecule has 2 N–H and O–H groups in total. The third kappa shape index (κ3) is 6.93. The van der Waals surface area contributed by atoms with Gasteiger partial charge in [-0.15, -0.1) is 0 Å². The zero-order valence-corrected chi connectivity index (χ0v) is 13.1. The molecule has 0 aliphatic carbocycles. The van der Waals surface area contributed by atoms with E-state index in [1.807, 2.05) is 36.0 Å². The number of carbonyl (C=O) groups excluding carboxylic acids is 1. The van der Waals surface area contributed by atoms with Gasteiger partial charge in [0.05, 0.1) is 6.61 Å². The number of carbonyl (C=O) groups is 1. The van der Waals surface area contributed by atoms with Crippen LogP contribution in [0.15, 0.2) is 24.3 Å². The van der Waals surface area contributed by atoms with E-state index < -0.39 is 0 Å². The summed E-state index contributed by atoms with van der Waals surface area (Å²) in [5, 5.41) is 6.07. The van der Waals surface area contributed by atoms with E-state index in [4.69, 9.17) is 4.74 Å². The van der Waals surface area contributed by atoms with Gasteiger partial charge in [-0.05, 0) is 23.4 Å². The van der Waals surface area contributed by atoms with E-state index in [0.29, 0.717) is 18.7 Å². The van der Waals surface area contributed by atoms with Crippen molar-refractivity contribution >= 4 is 17.7 Å². The van der Waals surface area contributed by atoms with Crippen molar-refractivity contribution in [2.75, 3.05) is 39.1 Å². The van der Waals surface area contributed by atoms with Gasteiger partial charge in [-0.3, -0.25) is 4.79 Å². The van der Waals surface area contributed by atoms with Crippen molar-refractivity contribution in [2.45, 2.75) is 12.7 Å². The lowest BCUT2D eigenvalue weighted by atomic mass is 10.1. The minimum atomic E-state index is -0.0202. The van der Waals surface area contributed by atoms with E-state index in [2.05, 4.69) is 17.6 Å². The van der Waals surface area contributed by atoms with Gasteiger partial charge in [-0.1, -0.05) is 19.1 Å². The highest BCUT2D eigenvalue weighted by Gasteiger charge is 2.04. The Morgan fingerprint density at radius 2 is 1.95 bits per heavy atom. The number of hydrogen-bond donors (Lipinski definition) is 2. The van der Waals surface area contributed by atoms with Crippen LogP contribution in [0.4, 0.5) is 0 Å². The molecular formula is C15H24N2O2S. The molecule has 0 fully saturated rings. The average molecular weight is 296 g/mol. The Balaban J connectivity index is 2.25. The molecular weight excluding hydrogens is 272 g/mol. The minimum Gasteiger partial charge on any atom is -0.383 e. The van der Waals surface area contributed by atoms with E-state index >= 15 is 0 Å². The van der Waals surface area contributed by atoms with Crippen molar-refractivity contribution in [1.82, 2.24) is 10.6 Å². The lowest BCUT2D eigenvalue weighted by molar-refractivity contribution is 0.0953. The summed E-state index contributed by atoms with van der Waals surface area (Å²) in [5.41, 5.74) is 1.97. The third-order valence-electron chi connectivity index (χ3n) is 2.76. The van der Waals surface area contributed by atoms with Crippen LogP contribution >= 0.6 is 11.8 Å². The SMILES string of the molecule is CCSCc1ccc(C(=O)NCCNCCOC)cc1. The van der Waals surface area contributed by atoms with Gasteiger partial charge < -0.3 is 15.4 Å². The van der Waals surface area contributed by atoms with Crippen LogP contribution < -0.4 is 10.6 Å². The monoisotopic (exact) mass is 296 g/mol. The predicted octanol–water partition coefficient (Wildman–Crippen LogP) is 1.91. The molecule has 1 aromatic carbocycles. The lowest BCUT2D eigenvalue weighted by Crippen LogP contribution is -2.33. The first-order chi connectivity index (χ1) is 9.77. The molecule has 5 heteroatoms. The number of methoxy groups -OCH3 is 1. The van der Waals surface area contributed by atoms with E-state index in [9.17, 15) is 4.79 Å². The van der Waals surface area contributed by atoms with Gasteiger partial charge >= 0.3 is 0 Å². The second-order valence-electron chi connectivity index (χ2n) is 4.33. The molecule has 1 aromatic rings. The van der Waals surface area contributed by atoms with E-state index in [0.717, 1.165) is 24.6 Å². The molecule has 0 saturated carbocycles. The smallest absolute Gasteiger partial charge is 0.251 e. The van der Waals surface area contributed by atoms with Gasteiger partial charge in [-0.25, -0.2) is 0 Å². The number of benzene rings is 1. The van der Waals surface area contributed by atoms with Crippen LogP contribution in [0.5, 0.6) is 0 Å². The Bertz CT molecular complexity index is 382. The molecule has 20 heavy (non-hydrogen) atoms. The first-order valence-electron chi connectivity index (χ1n) is 6.92. The maximum absolute atomic E-state index is 11.9. The summed E-state index contributed by atoms with van der Waals surface area (Å²) in [6.45, 7) is 5.00. The van der Waals surface area contributed by atoms with Crippen LogP contribution in [-0.4, -0.2) is 45.0 Å². The molecule has 4 nitrogen and oxygen atoms in total. The summed E-state index contributed by atoms with van der Waals surface area (Å²) >= 11 is 1.88. The number of hydrogen-bond acceptors (Lipinski definition) is 4. The second-order valence-corrected chi connectivity index (χ2v) is 5.61. The third-order valence-corrected chi connectivity index (χ3v) is 3.70. The van der Waals surface area contributed by atoms with E-state index in [1.54, 1.807) is 7.11 Å². The molecule has 1 rings (SSSR count). The summed E-state index contributed by atoms with van der Waals surface area (Å²) in [6.07, 6.45) is 0. The normalized spacial score (nSPS) is 10.5. The minimum absolute atomic E-state index is 0.0202. The van der Waals surface area contributed by atoms with Crippen LogP contribution in [0.3, 0.4) is 0 Å². The molecule has 0 spiro atoms. The molecule has 0 aromatic heterocycles. The first-order valence-corrected chi connectivity index (χ1v) is 8.08. The number of ether oxygens (including phenoxy) is 1. The van der Waals surface area contributed by atoms with Gasteiger partial charge in [0.25, 0.3) is 5.91 Å². The highest BCUT2D eigenvalue weighted by molar-refractivity contribution is 7.98. The Labute approximate surface area is 125 Å². The van der Waals surface area contributed by atoms with Crippen molar-refractivity contribution in [3.05, 3.63) is 35.4 Å². The molecule has 0 atom stereocenters. The molecule has 1 amide bonds. The number of amides is 1. The fourth-order valence-corrected chi connectivity index (χ4v) is 2.27. The lowest BCUT2D eigenvalue weighted by Gasteiger charge is -2.07. The second kappa shape index (κ2) is 10.7. The highest BCUT2D eigenvalue weighted by Crippen LogP contribution is 2.12. The van der Waals surface area contributed by atoms with Crippen molar-refractivity contribution < 1.29 is 9.53 Å². The van der Waals surface area contributed by atoms with E-state index in [1.165, 1.54) is 5.56 Å². The zero-order chi connectivity index (χ0) is 14.6. The van der Waals surface area contributed by atoms with Gasteiger partial charge in [0.15, 0.2) is 0 Å². The Morgan fingerprint density at radius 1 is 1.20 bits per heavy atom. The quantitative estimate of drug-likeness (QED) is 0.648. The molecule has 0 radical (unpaired) electrons. The van der Waals surface area contributed by atoms with Gasteiger partial charge in [-0.2, -0.15) is 11.8 Å². The first kappa shape index (κ1) is 17.0. The predicted molar refractivity (Wildman–Crippen MR) is 85.4 cm³/mol. The van der Waals surface area contributed by atoms with Gasteiger partial charge in [0.2, 0.25) is 0 Å². The summed E-state index contributed by atoms with van der Waals surface area (Å²) < 4.78 is 4.93. The van der Waals surface area contributed by atoms with Crippen molar-refractivity contribution in [3.8, 4) is 0 Å². The van der Waals surface area contributed by atoms with Crippen molar-refractivity contribution in [3.63, 3.8) is 0 Å². The molecule has 0 aliphatic rings. The summed E-state index contributed by atoms with van der Waals surface area (Å²) in [7, 11) is 1.67. The zero-order valence-electron chi connectivity index (χ0n) is 12.3. The van der Waals surface area contributed by atoms with Crippen LogP contribution in [0.1, 0.15) is 22.8 Å². The number of nitrogens with one attached hydrogen (secondary N) is 2. The topological polar surface area (TPSA) is 50.4 Å². The van der Waals surface area contributed by atoms with Crippen molar-refractivity contribution in [1.29, 1.82) is 0 Å². The Morgan fingerprint density at radius 3 is 2.60 bits per heavy atom. The summed E-state index contributed by atoms with van der Waals surface area (Å²) in [5.74, 6) is 2.09. The molecule has 0 unspecified atom stereocenters. The van der Waals surface area contributed by atoms with Crippen LogP contribution in [0.2, 0.25) is 0 Å². The van der Waals surface area contributed by atoms with E-state index in [-0.39, 0.29) is 5.91 Å². The largest absolute Gasteiger partial charge is 0.383 e. The van der Waals surface area contributed by atoms with Crippen molar-refractivity contribution in [2.24, 2.45) is 0 Å². The maximum atomic E-state index is 11.9. The Kier molecular flexibility index (Phi) is 9.11. The number of rotatable bonds is 10. The Hall–Kier alpha value is -1.04. The van der Waals surface area contributed by atoms with Gasteiger partial charge in [0, 0.05) is 38.1 Å². The molecule has 0 aliphatic heterocycles. The molecule has 0 heterocycles. The van der Waals surface area contributed by atoms with Crippen LogP contribution in [0, 0.1) is 0 Å². The maximum Gasteiger partial charge on any atom is 0.251 e. The van der Waals surface area contributed by atoms with Crippen LogP contribution in [0.25, 0.3) is 0 Å². The van der Waals surface area contributed by atoms with Crippen LogP contribution in [-0.2, 0) is 10.5 Å². The van der Waals surface area contributed by atoms with Gasteiger partial charge in [0.1, 0.15) is 0 Å².